The van der Waals surface area contributed by atoms with Gasteiger partial charge in [0, 0.05) is 10.9 Å². The van der Waals surface area contributed by atoms with Crippen LogP contribution in [0.5, 0.6) is 5.75 Å². The molecule has 1 aliphatic carbocycles. The van der Waals surface area contributed by atoms with E-state index in [9.17, 15) is 17.9 Å². The average Bonchev–Trinajstić information content (AvgIpc) is 2.85. The molecule has 1 fully saturated rings. The largest absolute Gasteiger partial charge is 0.490 e. The van der Waals surface area contributed by atoms with Gasteiger partial charge in [-0.2, -0.15) is 0 Å². The first kappa shape index (κ1) is 19.6. The van der Waals surface area contributed by atoms with E-state index < -0.39 is 38.2 Å². The lowest BCUT2D eigenvalue weighted by Crippen LogP contribution is -2.48. The van der Waals surface area contributed by atoms with E-state index in [0.29, 0.717) is 17.9 Å². The van der Waals surface area contributed by atoms with Gasteiger partial charge < -0.3 is 9.84 Å². The molecule has 8 heteroatoms. The molecule has 3 atom stereocenters. The highest BCUT2D eigenvalue weighted by atomic mass is 35.5. The maximum absolute atomic E-state index is 15.0. The molecule has 1 unspecified atom stereocenters. The highest BCUT2D eigenvalue weighted by Gasteiger charge is 2.58. The lowest BCUT2D eigenvalue weighted by molar-refractivity contribution is 0.147. The van der Waals surface area contributed by atoms with Crippen LogP contribution >= 0.6 is 11.6 Å². The Labute approximate surface area is 167 Å². The van der Waals surface area contributed by atoms with Gasteiger partial charge in [-0.1, -0.05) is 11.6 Å². The first-order chi connectivity index (χ1) is 13.3. The fourth-order valence-corrected chi connectivity index (χ4v) is 6.98. The first-order valence-electron chi connectivity index (χ1n) is 9.07. The maximum Gasteiger partial charge on any atom is 0.188 e. The zero-order valence-electron chi connectivity index (χ0n) is 14.9. The molecule has 150 valence electrons. The van der Waals surface area contributed by atoms with Crippen molar-refractivity contribution in [1.29, 1.82) is 0 Å². The molecule has 4 nitrogen and oxygen atoms in total. The maximum atomic E-state index is 15.0. The molecule has 28 heavy (non-hydrogen) atoms. The summed E-state index contributed by atoms with van der Waals surface area (Å²) in [6.07, 6.45) is 0.129. The molecular weight excluding hydrogens is 410 g/mol. The Bertz CT molecular complexity index is 1010. The van der Waals surface area contributed by atoms with Crippen LogP contribution in [0.3, 0.4) is 0 Å². The van der Waals surface area contributed by atoms with Gasteiger partial charge in [-0.05, 0) is 62.1 Å². The summed E-state index contributed by atoms with van der Waals surface area (Å²) in [4.78, 5) is -0.0187. The van der Waals surface area contributed by atoms with E-state index in [2.05, 4.69) is 0 Å². The third-order valence-electron chi connectivity index (χ3n) is 5.87. The number of fused-ring (bicyclic) bond motifs is 3. The fraction of sp³-hybridized carbons (Fsp3) is 0.400. The van der Waals surface area contributed by atoms with Gasteiger partial charge in [0.1, 0.15) is 10.6 Å². The van der Waals surface area contributed by atoms with E-state index in [1.165, 1.54) is 24.3 Å². The summed E-state index contributed by atoms with van der Waals surface area (Å²) in [6.45, 7) is -0.0626. The minimum absolute atomic E-state index is 0.0187. The van der Waals surface area contributed by atoms with Crippen LogP contribution < -0.4 is 4.74 Å². The normalized spacial score (nSPS) is 27.3. The number of halogens is 3. The third-order valence-corrected chi connectivity index (χ3v) is 8.72. The van der Waals surface area contributed by atoms with Gasteiger partial charge in [0.25, 0.3) is 0 Å². The lowest BCUT2D eigenvalue weighted by atomic mass is 9.79. The van der Waals surface area contributed by atoms with Gasteiger partial charge in [-0.25, -0.2) is 17.2 Å². The van der Waals surface area contributed by atoms with Crippen molar-refractivity contribution in [2.45, 2.75) is 41.4 Å². The molecule has 4 rings (SSSR count). The molecule has 2 aliphatic rings. The minimum atomic E-state index is -4.16. The number of aliphatic hydroxyl groups excluding tert-OH is 1. The second kappa shape index (κ2) is 6.97. The van der Waals surface area contributed by atoms with Crippen LogP contribution in [0.1, 0.15) is 31.2 Å². The van der Waals surface area contributed by atoms with Crippen LogP contribution in [0.4, 0.5) is 8.78 Å². The van der Waals surface area contributed by atoms with Gasteiger partial charge in [-0.3, -0.25) is 0 Å². The number of hydrogen-bond acceptors (Lipinski definition) is 4. The van der Waals surface area contributed by atoms with E-state index in [1.54, 1.807) is 0 Å². The second-order valence-corrected chi connectivity index (χ2v) is 10.0. The Morgan fingerprint density at radius 2 is 1.71 bits per heavy atom. The molecule has 1 N–H and O–H groups in total. The molecular formula is C20H19ClF2O4S. The molecule has 0 saturated heterocycles. The van der Waals surface area contributed by atoms with Crippen LogP contribution in [-0.4, -0.2) is 26.2 Å². The summed E-state index contributed by atoms with van der Waals surface area (Å²) < 4.78 is 61.0. The van der Waals surface area contributed by atoms with Crippen LogP contribution in [0.25, 0.3) is 0 Å². The van der Waals surface area contributed by atoms with E-state index in [4.69, 9.17) is 16.3 Å². The van der Waals surface area contributed by atoms with Gasteiger partial charge in [0.05, 0.1) is 23.2 Å². The smallest absolute Gasteiger partial charge is 0.188 e. The van der Waals surface area contributed by atoms with E-state index in [-0.39, 0.29) is 35.7 Å². The Morgan fingerprint density at radius 3 is 2.43 bits per heavy atom. The van der Waals surface area contributed by atoms with Crippen molar-refractivity contribution in [3.63, 3.8) is 0 Å². The summed E-state index contributed by atoms with van der Waals surface area (Å²) in [7, 11) is -4.16. The minimum Gasteiger partial charge on any atom is -0.490 e. The van der Waals surface area contributed by atoms with Crippen LogP contribution in [0.15, 0.2) is 41.3 Å². The molecule has 1 heterocycles. The summed E-state index contributed by atoms with van der Waals surface area (Å²) in [5, 5.41) is 10.5. The number of hydrogen-bond donors (Lipinski definition) is 1. The zero-order valence-corrected chi connectivity index (χ0v) is 16.4. The molecule has 0 amide bonds. The van der Waals surface area contributed by atoms with E-state index >= 15 is 4.39 Å². The topological polar surface area (TPSA) is 63.6 Å². The van der Waals surface area contributed by atoms with Crippen molar-refractivity contribution in [2.75, 3.05) is 6.61 Å². The van der Waals surface area contributed by atoms with Crippen LogP contribution in [0.2, 0.25) is 5.02 Å². The Hall–Kier alpha value is -1.70. The van der Waals surface area contributed by atoms with Gasteiger partial charge in [0.2, 0.25) is 0 Å². The number of benzene rings is 2. The van der Waals surface area contributed by atoms with Crippen molar-refractivity contribution >= 4 is 21.4 Å². The van der Waals surface area contributed by atoms with Gasteiger partial charge in [0.15, 0.2) is 21.4 Å². The fourth-order valence-electron chi connectivity index (χ4n) is 4.47. The standard InChI is InChI=1S/C20H19ClF2O4S/c21-13-2-5-15(6-3-13)28(25,26)20-10-9-14(24)4-1-12(20)11-27-19-17(23)8-7-16(22)18(19)20/h2-3,5-8,12,14,24H,1,4,9-11H2/t12?,14-,20-/m1/s1. The number of ether oxygens (including phenoxy) is 1. The molecule has 1 aliphatic heterocycles. The van der Waals surface area contributed by atoms with Crippen LogP contribution in [0, 0.1) is 17.6 Å². The molecule has 0 radical (unpaired) electrons. The van der Waals surface area contributed by atoms with Crippen molar-refractivity contribution in [1.82, 2.24) is 0 Å². The highest BCUT2D eigenvalue weighted by Crippen LogP contribution is 2.55. The molecule has 2 aromatic carbocycles. The number of sulfone groups is 1. The van der Waals surface area contributed by atoms with Crippen molar-refractivity contribution in [3.05, 3.63) is 58.6 Å². The summed E-state index contributed by atoms with van der Waals surface area (Å²) in [5.74, 6) is -2.60. The molecule has 2 aromatic rings. The van der Waals surface area contributed by atoms with Gasteiger partial charge in [-0.15, -0.1) is 0 Å². The predicted molar refractivity (Wildman–Crippen MR) is 100 cm³/mol. The van der Waals surface area contributed by atoms with Crippen LogP contribution in [-0.2, 0) is 14.6 Å². The van der Waals surface area contributed by atoms with Crippen molar-refractivity contribution in [2.24, 2.45) is 5.92 Å². The molecule has 1 saturated carbocycles. The molecule has 0 aromatic heterocycles. The summed E-state index contributed by atoms with van der Waals surface area (Å²) >= 11 is 5.90. The van der Waals surface area contributed by atoms with E-state index in [1.807, 2.05) is 0 Å². The average molecular weight is 429 g/mol. The number of aliphatic hydroxyl groups is 1. The van der Waals surface area contributed by atoms with Crippen molar-refractivity contribution < 1.29 is 27.0 Å². The molecule has 0 bridgehead atoms. The zero-order chi connectivity index (χ0) is 20.1. The van der Waals surface area contributed by atoms with Gasteiger partial charge >= 0.3 is 0 Å². The predicted octanol–water partition coefficient (Wildman–Crippen LogP) is 4.23. The van der Waals surface area contributed by atoms with E-state index in [0.717, 1.165) is 12.1 Å². The quantitative estimate of drug-likeness (QED) is 0.777. The summed E-state index contributed by atoms with van der Waals surface area (Å²) in [5.41, 5.74) is -0.271. The highest BCUT2D eigenvalue weighted by molar-refractivity contribution is 7.92. The molecule has 0 spiro atoms. The van der Waals surface area contributed by atoms with Crippen molar-refractivity contribution in [3.8, 4) is 5.75 Å². The Balaban J connectivity index is 2.03. The SMILES string of the molecule is O=S(=O)(c1ccc(Cl)cc1)[C@]12CC[C@H](O)CCC1COc1c(F)ccc(F)c12. The lowest BCUT2D eigenvalue weighted by Gasteiger charge is -2.43. The first-order valence-corrected chi connectivity index (χ1v) is 10.9. The summed E-state index contributed by atoms with van der Waals surface area (Å²) in [6, 6.07) is 7.51. The second-order valence-electron chi connectivity index (χ2n) is 7.36. The monoisotopic (exact) mass is 428 g/mol. The Morgan fingerprint density at radius 1 is 1.04 bits per heavy atom. The number of rotatable bonds is 2. The third kappa shape index (κ3) is 2.83. The Kier molecular flexibility index (Phi) is 4.88.